The third kappa shape index (κ3) is 1.55. The summed E-state index contributed by atoms with van der Waals surface area (Å²) in [6.45, 7) is 1.71. The van der Waals surface area contributed by atoms with Gasteiger partial charge in [-0.1, -0.05) is 36.4 Å². The van der Waals surface area contributed by atoms with Crippen molar-refractivity contribution >= 4 is 16.5 Å². The van der Waals surface area contributed by atoms with Crippen LogP contribution in [0.1, 0.15) is 6.42 Å². The van der Waals surface area contributed by atoms with Gasteiger partial charge in [0.2, 0.25) is 0 Å². The standard InChI is InChI=1S/C14H15NO/c16-12-8-9-15(10-12)14-7-3-5-11-4-1-2-6-13(11)14/h1-7,12,16H,8-10H2. The van der Waals surface area contributed by atoms with Gasteiger partial charge in [0.15, 0.2) is 0 Å². The third-order valence-corrected chi connectivity index (χ3v) is 3.27. The molecule has 1 N–H and O–H groups in total. The summed E-state index contributed by atoms with van der Waals surface area (Å²) < 4.78 is 0. The molecule has 0 spiro atoms. The molecule has 3 rings (SSSR count). The highest BCUT2D eigenvalue weighted by Crippen LogP contribution is 2.29. The number of hydrogen-bond donors (Lipinski definition) is 1. The normalized spacial score (nSPS) is 20.6. The molecule has 1 aliphatic rings. The lowest BCUT2D eigenvalue weighted by Gasteiger charge is -2.19. The summed E-state index contributed by atoms with van der Waals surface area (Å²) in [5, 5.41) is 12.1. The zero-order valence-electron chi connectivity index (χ0n) is 9.13. The Morgan fingerprint density at radius 2 is 1.88 bits per heavy atom. The van der Waals surface area contributed by atoms with Gasteiger partial charge in [0.25, 0.3) is 0 Å². The molecule has 0 bridgehead atoms. The van der Waals surface area contributed by atoms with Gasteiger partial charge in [0.1, 0.15) is 0 Å². The first-order valence-corrected chi connectivity index (χ1v) is 5.75. The van der Waals surface area contributed by atoms with E-state index in [4.69, 9.17) is 0 Å². The van der Waals surface area contributed by atoms with Crippen LogP contribution < -0.4 is 4.90 Å². The summed E-state index contributed by atoms with van der Waals surface area (Å²) in [5.74, 6) is 0. The second kappa shape index (κ2) is 3.80. The maximum atomic E-state index is 9.59. The Labute approximate surface area is 95.1 Å². The third-order valence-electron chi connectivity index (χ3n) is 3.27. The number of rotatable bonds is 1. The highest BCUT2D eigenvalue weighted by molar-refractivity contribution is 5.94. The molecule has 2 heteroatoms. The van der Waals surface area contributed by atoms with E-state index >= 15 is 0 Å². The van der Waals surface area contributed by atoms with Gasteiger partial charge < -0.3 is 10.0 Å². The Kier molecular flexibility index (Phi) is 2.29. The molecule has 1 atom stereocenters. The van der Waals surface area contributed by atoms with Crippen LogP contribution in [0.15, 0.2) is 42.5 Å². The molecule has 1 aliphatic heterocycles. The highest BCUT2D eigenvalue weighted by Gasteiger charge is 2.21. The van der Waals surface area contributed by atoms with E-state index in [1.807, 2.05) is 0 Å². The molecule has 0 aromatic heterocycles. The first-order valence-electron chi connectivity index (χ1n) is 5.75. The molecule has 1 saturated heterocycles. The van der Waals surface area contributed by atoms with Gasteiger partial charge in [-0.2, -0.15) is 0 Å². The van der Waals surface area contributed by atoms with Gasteiger partial charge in [-0.3, -0.25) is 0 Å². The molecule has 2 nitrogen and oxygen atoms in total. The van der Waals surface area contributed by atoms with Crippen molar-refractivity contribution in [1.82, 2.24) is 0 Å². The number of aliphatic hydroxyl groups is 1. The first kappa shape index (κ1) is 9.67. The van der Waals surface area contributed by atoms with E-state index in [1.54, 1.807) is 0 Å². The zero-order valence-corrected chi connectivity index (χ0v) is 9.13. The van der Waals surface area contributed by atoms with Crippen LogP contribution in [0.5, 0.6) is 0 Å². The summed E-state index contributed by atoms with van der Waals surface area (Å²) in [5.41, 5.74) is 1.25. The molecule has 82 valence electrons. The number of benzene rings is 2. The summed E-state index contributed by atoms with van der Waals surface area (Å²) in [6, 6.07) is 14.8. The fourth-order valence-corrected chi connectivity index (χ4v) is 2.44. The number of fused-ring (bicyclic) bond motifs is 1. The largest absolute Gasteiger partial charge is 0.391 e. The van der Waals surface area contributed by atoms with Crippen LogP contribution in [0.25, 0.3) is 10.8 Å². The summed E-state index contributed by atoms with van der Waals surface area (Å²) in [7, 11) is 0. The predicted octanol–water partition coefficient (Wildman–Crippen LogP) is 2.41. The minimum absolute atomic E-state index is 0.168. The fraction of sp³-hybridized carbons (Fsp3) is 0.286. The van der Waals surface area contributed by atoms with E-state index in [0.29, 0.717) is 0 Å². The fourth-order valence-electron chi connectivity index (χ4n) is 2.44. The molecular weight excluding hydrogens is 198 g/mol. The van der Waals surface area contributed by atoms with Crippen LogP contribution in [0.3, 0.4) is 0 Å². The molecule has 2 aromatic rings. The molecular formula is C14H15NO. The van der Waals surface area contributed by atoms with Crippen LogP contribution in [-0.2, 0) is 0 Å². The SMILES string of the molecule is OC1CCN(c2cccc3ccccc23)C1. The van der Waals surface area contributed by atoms with Gasteiger partial charge in [-0.25, -0.2) is 0 Å². The summed E-state index contributed by atoms with van der Waals surface area (Å²) in [6.07, 6.45) is 0.711. The van der Waals surface area contributed by atoms with Crippen molar-refractivity contribution in [2.24, 2.45) is 0 Å². The number of β-amino-alcohol motifs (C(OH)–C–C–N with tert-alkyl or cyclic N) is 1. The number of hydrogen-bond acceptors (Lipinski definition) is 2. The van der Waals surface area contributed by atoms with Gasteiger partial charge in [0.05, 0.1) is 6.10 Å². The molecule has 1 heterocycles. The van der Waals surface area contributed by atoms with E-state index in [9.17, 15) is 5.11 Å². The lowest BCUT2D eigenvalue weighted by atomic mass is 10.1. The minimum Gasteiger partial charge on any atom is -0.391 e. The number of aliphatic hydroxyl groups excluding tert-OH is 1. The Morgan fingerprint density at radius 3 is 2.69 bits per heavy atom. The molecule has 1 fully saturated rings. The zero-order chi connectivity index (χ0) is 11.0. The summed E-state index contributed by atoms with van der Waals surface area (Å²) >= 11 is 0. The van der Waals surface area contributed by atoms with Crippen LogP contribution in [-0.4, -0.2) is 24.3 Å². The van der Waals surface area contributed by atoms with Gasteiger partial charge in [-0.05, 0) is 17.9 Å². The first-order chi connectivity index (χ1) is 7.84. The molecule has 0 amide bonds. The van der Waals surface area contributed by atoms with E-state index in [0.717, 1.165) is 19.5 Å². The number of nitrogens with zero attached hydrogens (tertiary/aromatic N) is 1. The lowest BCUT2D eigenvalue weighted by Crippen LogP contribution is -2.21. The van der Waals surface area contributed by atoms with Crippen LogP contribution >= 0.6 is 0 Å². The Balaban J connectivity index is 2.09. The monoisotopic (exact) mass is 213 g/mol. The van der Waals surface area contributed by atoms with Gasteiger partial charge >= 0.3 is 0 Å². The van der Waals surface area contributed by atoms with Gasteiger partial charge in [-0.15, -0.1) is 0 Å². The molecule has 2 aromatic carbocycles. The van der Waals surface area contributed by atoms with Crippen LogP contribution in [0.2, 0.25) is 0 Å². The quantitative estimate of drug-likeness (QED) is 0.786. The van der Waals surface area contributed by atoms with Crippen LogP contribution in [0, 0.1) is 0 Å². The van der Waals surface area contributed by atoms with Crippen molar-refractivity contribution in [3.8, 4) is 0 Å². The average Bonchev–Trinajstić information content (AvgIpc) is 2.75. The molecule has 0 saturated carbocycles. The molecule has 0 aliphatic carbocycles. The number of anilines is 1. The van der Waals surface area contributed by atoms with E-state index < -0.39 is 0 Å². The smallest absolute Gasteiger partial charge is 0.0731 e. The molecule has 0 radical (unpaired) electrons. The van der Waals surface area contributed by atoms with Crippen molar-refractivity contribution in [2.45, 2.75) is 12.5 Å². The Morgan fingerprint density at radius 1 is 1.06 bits per heavy atom. The predicted molar refractivity (Wildman–Crippen MR) is 66.8 cm³/mol. The van der Waals surface area contributed by atoms with E-state index in [2.05, 4.69) is 47.4 Å². The van der Waals surface area contributed by atoms with Crippen molar-refractivity contribution in [3.05, 3.63) is 42.5 Å². The second-order valence-corrected chi connectivity index (χ2v) is 4.39. The molecule has 1 unspecified atom stereocenters. The van der Waals surface area contributed by atoms with Crippen molar-refractivity contribution in [1.29, 1.82) is 0 Å². The maximum Gasteiger partial charge on any atom is 0.0731 e. The maximum absolute atomic E-state index is 9.59. The topological polar surface area (TPSA) is 23.5 Å². The van der Waals surface area contributed by atoms with E-state index in [1.165, 1.54) is 16.5 Å². The lowest BCUT2D eigenvalue weighted by molar-refractivity contribution is 0.198. The Bertz CT molecular complexity index is 504. The highest BCUT2D eigenvalue weighted by atomic mass is 16.3. The van der Waals surface area contributed by atoms with Crippen molar-refractivity contribution in [3.63, 3.8) is 0 Å². The van der Waals surface area contributed by atoms with Gasteiger partial charge in [0, 0.05) is 24.2 Å². The van der Waals surface area contributed by atoms with Crippen molar-refractivity contribution in [2.75, 3.05) is 18.0 Å². The second-order valence-electron chi connectivity index (χ2n) is 4.39. The van der Waals surface area contributed by atoms with E-state index in [-0.39, 0.29) is 6.10 Å². The summed E-state index contributed by atoms with van der Waals surface area (Å²) in [4.78, 5) is 2.27. The minimum atomic E-state index is -0.168. The van der Waals surface area contributed by atoms with Crippen LogP contribution in [0.4, 0.5) is 5.69 Å². The molecule has 16 heavy (non-hydrogen) atoms. The average molecular weight is 213 g/mol. The Hall–Kier alpha value is -1.54. The van der Waals surface area contributed by atoms with Crippen molar-refractivity contribution < 1.29 is 5.11 Å².